The van der Waals surface area contributed by atoms with E-state index in [1.54, 1.807) is 18.2 Å². The number of methoxy groups -OCH3 is 2. The highest BCUT2D eigenvalue weighted by Crippen LogP contribution is 2.27. The zero-order chi connectivity index (χ0) is 14.3. The molecule has 0 unspecified atom stereocenters. The van der Waals surface area contributed by atoms with Gasteiger partial charge in [-0.25, -0.2) is 10.2 Å². The van der Waals surface area contributed by atoms with Crippen molar-refractivity contribution in [3.05, 3.63) is 23.8 Å². The van der Waals surface area contributed by atoms with Gasteiger partial charge in [0.2, 0.25) is 0 Å². The van der Waals surface area contributed by atoms with Crippen molar-refractivity contribution in [2.75, 3.05) is 14.2 Å². The molecular weight excluding hydrogens is 252 g/mol. The summed E-state index contributed by atoms with van der Waals surface area (Å²) in [6.07, 6.45) is 0.733. The van der Waals surface area contributed by atoms with Crippen LogP contribution in [0.2, 0.25) is 0 Å². The average molecular weight is 266 g/mol. The van der Waals surface area contributed by atoms with Gasteiger partial charge in [0.1, 0.15) is 0 Å². The Hall–Kier alpha value is -2.57. The molecule has 0 aliphatic heterocycles. The molecule has 19 heavy (non-hydrogen) atoms. The molecule has 1 aromatic rings. The Morgan fingerprint density at radius 3 is 2.58 bits per heavy atom. The summed E-state index contributed by atoms with van der Waals surface area (Å²) >= 11 is 0. The lowest BCUT2D eigenvalue weighted by Crippen LogP contribution is -2.16. The van der Waals surface area contributed by atoms with Crippen LogP contribution in [-0.4, -0.2) is 32.5 Å². The van der Waals surface area contributed by atoms with Crippen molar-refractivity contribution < 1.29 is 23.8 Å². The van der Waals surface area contributed by atoms with Crippen LogP contribution in [0.15, 0.2) is 23.3 Å². The predicted molar refractivity (Wildman–Crippen MR) is 67.4 cm³/mol. The third-order valence-corrected chi connectivity index (χ3v) is 2.00. The average Bonchev–Trinajstić information content (AvgIpc) is 2.39. The number of nitrogens with one attached hydrogen (secondary N) is 1. The van der Waals surface area contributed by atoms with Gasteiger partial charge >= 0.3 is 12.1 Å². The van der Waals surface area contributed by atoms with E-state index in [2.05, 4.69) is 15.3 Å². The quantitative estimate of drug-likeness (QED) is 0.384. The standard InChI is InChI=1S/C12H14N2O5/c1-8(15)19-10-5-4-9(6-11(10)17-2)7-13-14-12(16)18-3/h4-7H,1-3H3,(H,14,16)/b13-7-. The predicted octanol–water partition coefficient (Wildman–Crippen LogP) is 1.31. The minimum atomic E-state index is -0.667. The summed E-state index contributed by atoms with van der Waals surface area (Å²) in [5.41, 5.74) is 2.80. The molecule has 0 aliphatic carbocycles. The van der Waals surface area contributed by atoms with E-state index in [1.807, 2.05) is 0 Å². The topological polar surface area (TPSA) is 86.2 Å². The van der Waals surface area contributed by atoms with E-state index < -0.39 is 12.1 Å². The van der Waals surface area contributed by atoms with Gasteiger partial charge in [-0.15, -0.1) is 0 Å². The Morgan fingerprint density at radius 1 is 1.26 bits per heavy atom. The van der Waals surface area contributed by atoms with Gasteiger partial charge in [0.15, 0.2) is 11.5 Å². The first-order valence-electron chi connectivity index (χ1n) is 5.30. The first-order valence-corrected chi connectivity index (χ1v) is 5.30. The Morgan fingerprint density at radius 2 is 2.00 bits per heavy atom. The van der Waals surface area contributed by atoms with Crippen LogP contribution >= 0.6 is 0 Å². The molecule has 0 aliphatic rings. The molecule has 102 valence electrons. The third kappa shape index (κ3) is 4.66. The Bertz CT molecular complexity index is 499. The van der Waals surface area contributed by atoms with Crippen molar-refractivity contribution in [3.63, 3.8) is 0 Å². The van der Waals surface area contributed by atoms with Gasteiger partial charge in [0, 0.05) is 6.92 Å². The third-order valence-electron chi connectivity index (χ3n) is 2.00. The van der Waals surface area contributed by atoms with Gasteiger partial charge in [-0.05, 0) is 23.8 Å². The van der Waals surface area contributed by atoms with E-state index in [0.29, 0.717) is 17.1 Å². The largest absolute Gasteiger partial charge is 0.493 e. The number of benzene rings is 1. The molecule has 1 rings (SSSR count). The number of hydrazone groups is 1. The molecular formula is C12H14N2O5. The molecule has 1 aromatic carbocycles. The second-order valence-electron chi connectivity index (χ2n) is 3.37. The van der Waals surface area contributed by atoms with E-state index in [9.17, 15) is 9.59 Å². The van der Waals surface area contributed by atoms with Crippen molar-refractivity contribution in [3.8, 4) is 11.5 Å². The fourth-order valence-electron chi connectivity index (χ4n) is 1.21. The van der Waals surface area contributed by atoms with Crippen LogP contribution in [0, 0.1) is 0 Å². The zero-order valence-corrected chi connectivity index (χ0v) is 10.8. The zero-order valence-electron chi connectivity index (χ0n) is 10.8. The molecule has 0 spiro atoms. The first-order chi connectivity index (χ1) is 9.06. The lowest BCUT2D eigenvalue weighted by atomic mass is 10.2. The normalized spacial score (nSPS) is 10.1. The van der Waals surface area contributed by atoms with E-state index in [1.165, 1.54) is 27.4 Å². The Kier molecular flexibility index (Phi) is 5.34. The Labute approximate surface area is 110 Å². The maximum absolute atomic E-state index is 10.9. The molecule has 7 heteroatoms. The summed E-state index contributed by atoms with van der Waals surface area (Å²) in [6.45, 7) is 1.30. The minimum Gasteiger partial charge on any atom is -0.493 e. The molecule has 0 bridgehead atoms. The van der Waals surface area contributed by atoms with Gasteiger partial charge in [0.05, 0.1) is 20.4 Å². The summed E-state index contributed by atoms with van der Waals surface area (Å²) < 4.78 is 14.4. The molecule has 7 nitrogen and oxygen atoms in total. The summed E-state index contributed by atoms with van der Waals surface area (Å²) in [4.78, 5) is 21.7. The van der Waals surface area contributed by atoms with Crippen molar-refractivity contribution in [1.82, 2.24) is 5.43 Å². The monoisotopic (exact) mass is 266 g/mol. The summed E-state index contributed by atoms with van der Waals surface area (Å²) in [5.74, 6) is 0.261. The highest BCUT2D eigenvalue weighted by atomic mass is 16.6. The second-order valence-corrected chi connectivity index (χ2v) is 3.37. The molecule has 0 aromatic heterocycles. The van der Waals surface area contributed by atoms with Gasteiger partial charge in [0.25, 0.3) is 0 Å². The molecule has 0 atom stereocenters. The number of ether oxygens (including phenoxy) is 3. The number of carbonyl (C=O) groups excluding carboxylic acids is 2. The molecule has 0 saturated carbocycles. The molecule has 0 heterocycles. The Balaban J connectivity index is 2.81. The van der Waals surface area contributed by atoms with Gasteiger partial charge in [-0.3, -0.25) is 4.79 Å². The lowest BCUT2D eigenvalue weighted by Gasteiger charge is -2.08. The molecule has 0 saturated heterocycles. The van der Waals surface area contributed by atoms with E-state index in [-0.39, 0.29) is 0 Å². The van der Waals surface area contributed by atoms with Crippen molar-refractivity contribution >= 4 is 18.3 Å². The minimum absolute atomic E-state index is 0.313. The fraction of sp³-hybridized carbons (Fsp3) is 0.250. The number of amides is 1. The van der Waals surface area contributed by atoms with Gasteiger partial charge in [-0.2, -0.15) is 5.10 Å². The molecule has 0 fully saturated rings. The van der Waals surface area contributed by atoms with Crippen LogP contribution in [0.1, 0.15) is 12.5 Å². The number of nitrogens with zero attached hydrogens (tertiary/aromatic N) is 1. The van der Waals surface area contributed by atoms with Crippen molar-refractivity contribution in [2.45, 2.75) is 6.92 Å². The maximum atomic E-state index is 10.9. The summed E-state index contributed by atoms with van der Waals surface area (Å²) in [5, 5.41) is 3.67. The molecule has 1 N–H and O–H groups in total. The van der Waals surface area contributed by atoms with E-state index >= 15 is 0 Å². The molecule has 1 amide bonds. The number of carbonyl (C=O) groups is 2. The highest BCUT2D eigenvalue weighted by molar-refractivity contribution is 5.82. The highest BCUT2D eigenvalue weighted by Gasteiger charge is 2.07. The van der Waals surface area contributed by atoms with Crippen LogP contribution in [-0.2, 0) is 9.53 Å². The summed E-state index contributed by atoms with van der Waals surface area (Å²) in [6, 6.07) is 4.84. The van der Waals surface area contributed by atoms with E-state index in [0.717, 1.165) is 0 Å². The van der Waals surface area contributed by atoms with Crippen LogP contribution in [0.25, 0.3) is 0 Å². The van der Waals surface area contributed by atoms with Crippen LogP contribution < -0.4 is 14.9 Å². The van der Waals surface area contributed by atoms with Crippen molar-refractivity contribution in [2.24, 2.45) is 5.10 Å². The fourth-order valence-corrected chi connectivity index (χ4v) is 1.21. The van der Waals surface area contributed by atoms with Crippen molar-refractivity contribution in [1.29, 1.82) is 0 Å². The smallest absolute Gasteiger partial charge is 0.427 e. The number of rotatable bonds is 4. The second kappa shape index (κ2) is 7.00. The first kappa shape index (κ1) is 14.5. The molecule has 0 radical (unpaired) electrons. The number of esters is 1. The summed E-state index contributed by atoms with van der Waals surface area (Å²) in [7, 11) is 2.69. The van der Waals surface area contributed by atoms with Gasteiger partial charge < -0.3 is 14.2 Å². The number of hydrogen-bond acceptors (Lipinski definition) is 6. The SMILES string of the molecule is COC(=O)N/N=C\c1ccc(OC(C)=O)c(OC)c1. The lowest BCUT2D eigenvalue weighted by molar-refractivity contribution is -0.132. The van der Waals surface area contributed by atoms with Crippen LogP contribution in [0.4, 0.5) is 4.79 Å². The van der Waals surface area contributed by atoms with E-state index in [4.69, 9.17) is 9.47 Å². The van der Waals surface area contributed by atoms with Crippen LogP contribution in [0.5, 0.6) is 11.5 Å². The maximum Gasteiger partial charge on any atom is 0.427 e. The van der Waals surface area contributed by atoms with Crippen LogP contribution in [0.3, 0.4) is 0 Å². The number of hydrogen-bond donors (Lipinski definition) is 1. The van der Waals surface area contributed by atoms with Gasteiger partial charge in [-0.1, -0.05) is 0 Å².